The van der Waals surface area contributed by atoms with Crippen LogP contribution >= 0.6 is 12.2 Å². The molecule has 2 fully saturated rings. The summed E-state index contributed by atoms with van der Waals surface area (Å²) in [6.07, 6.45) is 12.6. The Bertz CT molecular complexity index is 806. The molecule has 3 aliphatic rings. The molecule has 0 unspecified atom stereocenters. The van der Waals surface area contributed by atoms with Crippen molar-refractivity contribution in [2.24, 2.45) is 5.10 Å². The molecule has 30 heavy (non-hydrogen) atoms. The van der Waals surface area contributed by atoms with Crippen LogP contribution in [0.15, 0.2) is 52.3 Å². The van der Waals surface area contributed by atoms with Crippen molar-refractivity contribution in [1.29, 1.82) is 0 Å². The molecule has 1 saturated heterocycles. The number of morpholine rings is 1. The molecule has 4 rings (SSSR count). The third-order valence-corrected chi connectivity index (χ3v) is 6.28. The van der Waals surface area contributed by atoms with Crippen molar-refractivity contribution in [1.82, 2.24) is 15.6 Å². The van der Waals surface area contributed by atoms with Crippen LogP contribution in [-0.2, 0) is 4.74 Å². The Hall–Kier alpha value is -2.18. The molecule has 5 nitrogen and oxygen atoms in total. The van der Waals surface area contributed by atoms with Crippen LogP contribution < -0.4 is 10.7 Å². The molecule has 1 aromatic carbocycles. The molecule has 1 heterocycles. The number of hydrogen-bond acceptors (Lipinski definition) is 4. The number of hydrogen-bond donors (Lipinski definition) is 2. The molecular formula is C24H32N4OS. The van der Waals surface area contributed by atoms with E-state index in [4.69, 9.17) is 17.0 Å². The third-order valence-electron chi connectivity index (χ3n) is 6.07. The van der Waals surface area contributed by atoms with Gasteiger partial charge in [-0.3, -0.25) is 5.43 Å². The van der Waals surface area contributed by atoms with Crippen molar-refractivity contribution in [2.45, 2.75) is 51.0 Å². The second-order valence-electron chi connectivity index (χ2n) is 8.23. The molecule has 1 saturated carbocycles. The SMILES string of the molecule is S=C(N/N=C\C1=C(N2CCOCC2)C(=C\c2ccccc2)/CC1)NC1CCCCC1. The summed E-state index contributed by atoms with van der Waals surface area (Å²) in [6, 6.07) is 11.0. The predicted molar refractivity (Wildman–Crippen MR) is 127 cm³/mol. The summed E-state index contributed by atoms with van der Waals surface area (Å²) in [4.78, 5) is 2.45. The Morgan fingerprint density at radius 2 is 1.83 bits per heavy atom. The minimum atomic E-state index is 0.490. The number of hydrazone groups is 1. The second kappa shape index (κ2) is 10.7. The summed E-state index contributed by atoms with van der Waals surface area (Å²) in [7, 11) is 0. The maximum atomic E-state index is 5.58. The standard InChI is InChI=1S/C24H32N4OS/c30-24(26-22-9-5-2-6-10-22)27-25-18-21-12-11-20(17-19-7-3-1-4-8-19)23(21)28-13-15-29-16-14-28/h1,3-4,7-8,17-18,22H,2,5-6,9-16H2,(H2,26,27,30)/b20-17-,25-18-. The minimum Gasteiger partial charge on any atom is -0.378 e. The van der Waals surface area contributed by atoms with Gasteiger partial charge in [-0.1, -0.05) is 49.6 Å². The van der Waals surface area contributed by atoms with Crippen molar-refractivity contribution in [3.05, 3.63) is 52.7 Å². The molecule has 160 valence electrons. The van der Waals surface area contributed by atoms with Gasteiger partial charge in [0.15, 0.2) is 5.11 Å². The van der Waals surface area contributed by atoms with Gasteiger partial charge >= 0.3 is 0 Å². The van der Waals surface area contributed by atoms with Crippen LogP contribution in [0, 0.1) is 0 Å². The molecule has 1 aromatic rings. The van der Waals surface area contributed by atoms with E-state index in [1.54, 1.807) is 0 Å². The molecule has 1 aliphatic heterocycles. The van der Waals surface area contributed by atoms with Crippen molar-refractivity contribution >= 4 is 29.6 Å². The van der Waals surface area contributed by atoms with Gasteiger partial charge in [0.25, 0.3) is 0 Å². The molecule has 0 radical (unpaired) electrons. The first kappa shape index (κ1) is 21.1. The van der Waals surface area contributed by atoms with E-state index in [1.807, 2.05) is 6.21 Å². The average molecular weight is 425 g/mol. The largest absolute Gasteiger partial charge is 0.378 e. The Labute approximate surface area is 185 Å². The quantitative estimate of drug-likeness (QED) is 0.421. The van der Waals surface area contributed by atoms with Gasteiger partial charge in [-0.15, -0.1) is 0 Å². The Morgan fingerprint density at radius 1 is 1.07 bits per heavy atom. The first-order valence-corrected chi connectivity index (χ1v) is 11.6. The minimum absolute atomic E-state index is 0.490. The predicted octanol–water partition coefficient (Wildman–Crippen LogP) is 4.23. The zero-order chi connectivity index (χ0) is 20.6. The Balaban J connectivity index is 1.46. The van der Waals surface area contributed by atoms with Crippen molar-refractivity contribution in [2.75, 3.05) is 26.3 Å². The first-order valence-electron chi connectivity index (χ1n) is 11.2. The molecule has 6 heteroatoms. The number of thiocarbonyl (C=S) groups is 1. The van der Waals surface area contributed by atoms with Gasteiger partial charge < -0.3 is 15.0 Å². The molecule has 0 spiro atoms. The van der Waals surface area contributed by atoms with Crippen LogP contribution in [0.5, 0.6) is 0 Å². The third kappa shape index (κ3) is 5.70. The average Bonchev–Trinajstić information content (AvgIpc) is 3.18. The Kier molecular flexibility index (Phi) is 7.54. The van der Waals surface area contributed by atoms with Crippen molar-refractivity contribution in [3.8, 4) is 0 Å². The molecular weight excluding hydrogens is 392 g/mol. The van der Waals surface area contributed by atoms with Gasteiger partial charge in [0, 0.05) is 24.8 Å². The van der Waals surface area contributed by atoms with E-state index < -0.39 is 0 Å². The summed E-state index contributed by atoms with van der Waals surface area (Å²) in [5, 5.41) is 8.53. The molecule has 2 aliphatic carbocycles. The molecule has 0 amide bonds. The highest BCUT2D eigenvalue weighted by Gasteiger charge is 2.25. The molecule has 0 bridgehead atoms. The number of rotatable bonds is 5. The summed E-state index contributed by atoms with van der Waals surface area (Å²) < 4.78 is 5.58. The molecule has 0 atom stereocenters. The van der Waals surface area contributed by atoms with Gasteiger partial charge in [0.05, 0.1) is 19.4 Å². The number of nitrogens with zero attached hydrogens (tertiary/aromatic N) is 2. The highest BCUT2D eigenvalue weighted by Crippen LogP contribution is 2.34. The van der Waals surface area contributed by atoms with Crippen LogP contribution in [0.1, 0.15) is 50.5 Å². The summed E-state index contributed by atoms with van der Waals surface area (Å²) >= 11 is 5.45. The fraction of sp³-hybridized carbons (Fsp3) is 0.500. The van der Waals surface area contributed by atoms with Crippen LogP contribution in [0.3, 0.4) is 0 Å². The van der Waals surface area contributed by atoms with Gasteiger partial charge in [0.1, 0.15) is 0 Å². The van der Waals surface area contributed by atoms with Gasteiger partial charge in [-0.25, -0.2) is 0 Å². The van der Waals surface area contributed by atoms with E-state index >= 15 is 0 Å². The highest BCUT2D eigenvalue weighted by molar-refractivity contribution is 7.80. The van der Waals surface area contributed by atoms with Gasteiger partial charge in [-0.2, -0.15) is 5.10 Å². The maximum absolute atomic E-state index is 5.58. The van der Waals surface area contributed by atoms with E-state index in [0.29, 0.717) is 11.2 Å². The smallest absolute Gasteiger partial charge is 0.187 e. The summed E-state index contributed by atoms with van der Waals surface area (Å²) in [5.41, 5.74) is 8.25. The number of ether oxygens (including phenoxy) is 1. The second-order valence-corrected chi connectivity index (χ2v) is 8.64. The lowest BCUT2D eigenvalue weighted by atomic mass is 9.96. The zero-order valence-electron chi connectivity index (χ0n) is 17.6. The van der Waals surface area contributed by atoms with Crippen LogP contribution in [0.2, 0.25) is 0 Å². The fourth-order valence-corrected chi connectivity index (χ4v) is 4.77. The van der Waals surface area contributed by atoms with Crippen LogP contribution in [-0.4, -0.2) is 48.6 Å². The lowest BCUT2D eigenvalue weighted by Crippen LogP contribution is -2.40. The summed E-state index contributed by atoms with van der Waals surface area (Å²) in [6.45, 7) is 3.40. The zero-order valence-corrected chi connectivity index (χ0v) is 18.4. The van der Waals surface area contributed by atoms with Crippen molar-refractivity contribution in [3.63, 3.8) is 0 Å². The lowest BCUT2D eigenvalue weighted by Gasteiger charge is -2.31. The van der Waals surface area contributed by atoms with E-state index in [0.717, 1.165) is 39.1 Å². The maximum Gasteiger partial charge on any atom is 0.187 e. The highest BCUT2D eigenvalue weighted by atomic mass is 32.1. The lowest BCUT2D eigenvalue weighted by molar-refractivity contribution is 0.0548. The molecule has 2 N–H and O–H groups in total. The number of nitrogens with one attached hydrogen (secondary N) is 2. The normalized spacial score (nSPS) is 22.1. The Morgan fingerprint density at radius 3 is 2.60 bits per heavy atom. The van der Waals surface area contributed by atoms with Gasteiger partial charge in [0.2, 0.25) is 0 Å². The van der Waals surface area contributed by atoms with E-state index in [9.17, 15) is 0 Å². The number of allylic oxidation sites excluding steroid dienone is 2. The van der Waals surface area contributed by atoms with Crippen LogP contribution in [0.4, 0.5) is 0 Å². The van der Waals surface area contributed by atoms with E-state index in [-0.39, 0.29) is 0 Å². The monoisotopic (exact) mass is 424 g/mol. The number of benzene rings is 1. The van der Waals surface area contributed by atoms with Crippen LogP contribution in [0.25, 0.3) is 6.08 Å². The topological polar surface area (TPSA) is 48.9 Å². The van der Waals surface area contributed by atoms with Gasteiger partial charge in [-0.05, 0) is 60.7 Å². The summed E-state index contributed by atoms with van der Waals surface area (Å²) in [5.74, 6) is 0. The van der Waals surface area contributed by atoms with E-state index in [1.165, 1.54) is 54.5 Å². The first-order chi connectivity index (χ1) is 14.8. The van der Waals surface area contributed by atoms with Crippen molar-refractivity contribution < 1.29 is 4.74 Å². The fourth-order valence-electron chi connectivity index (χ4n) is 4.56. The van der Waals surface area contributed by atoms with E-state index in [2.05, 4.69) is 57.2 Å². The molecule has 0 aromatic heterocycles.